The number of pyridine rings is 1. The summed E-state index contributed by atoms with van der Waals surface area (Å²) in [5, 5.41) is 18.9. The largest absolute Gasteiger partial charge is 0.396 e. The van der Waals surface area contributed by atoms with Gasteiger partial charge in [-0.05, 0) is 18.2 Å². The van der Waals surface area contributed by atoms with Crippen LogP contribution in [0, 0.1) is 5.41 Å². The highest BCUT2D eigenvalue weighted by atomic mass is 35.5. The molecule has 0 saturated carbocycles. The van der Waals surface area contributed by atoms with Gasteiger partial charge < -0.3 is 15.1 Å². The molecule has 0 aliphatic carbocycles. The molecule has 0 aliphatic rings. The number of hydrogen-bond acceptors (Lipinski definition) is 4. The Balaban J connectivity index is 2.15. The number of carbonyl (C=O) groups is 1. The molecule has 0 unspecified atom stereocenters. The van der Waals surface area contributed by atoms with Crippen molar-refractivity contribution in [3.8, 4) is 0 Å². The second kappa shape index (κ2) is 7.12. The number of aliphatic hydroxyl groups excluding tert-OH is 2. The Bertz CT molecular complexity index is 722. The van der Waals surface area contributed by atoms with Gasteiger partial charge in [0, 0.05) is 31.3 Å². The Morgan fingerprint density at radius 2 is 2.13 bits per heavy atom. The maximum Gasteiger partial charge on any atom is 0.246 e. The van der Waals surface area contributed by atoms with Crippen molar-refractivity contribution in [1.29, 1.82) is 0 Å². The summed E-state index contributed by atoms with van der Waals surface area (Å²) in [4.78, 5) is 17.9. The molecule has 2 aromatic rings. The number of imidazole rings is 1. The second-order valence-electron chi connectivity index (χ2n) is 5.87. The average Bonchev–Trinajstić information content (AvgIpc) is 2.87. The van der Waals surface area contributed by atoms with Gasteiger partial charge in [-0.2, -0.15) is 0 Å². The lowest BCUT2D eigenvalue weighted by molar-refractivity contribution is -0.126. The maximum absolute atomic E-state index is 12.2. The standard InChI is InChI=1S/C16H20ClN3O3/c1-16(10-21,11-22)9-19(2)14(23)7-6-12-15(17)18-13-5-3-4-8-20(12)13/h3-8,21-22H,9-11H2,1-2H3/b7-6+. The van der Waals surface area contributed by atoms with E-state index in [0.717, 1.165) is 0 Å². The zero-order valence-electron chi connectivity index (χ0n) is 13.1. The van der Waals surface area contributed by atoms with Crippen molar-refractivity contribution in [2.75, 3.05) is 26.8 Å². The first-order chi connectivity index (χ1) is 10.9. The molecule has 0 aliphatic heterocycles. The summed E-state index contributed by atoms with van der Waals surface area (Å²) >= 11 is 6.11. The monoisotopic (exact) mass is 337 g/mol. The first-order valence-corrected chi connectivity index (χ1v) is 7.55. The minimum Gasteiger partial charge on any atom is -0.396 e. The molecular formula is C16H20ClN3O3. The molecule has 0 saturated heterocycles. The van der Waals surface area contributed by atoms with E-state index in [1.807, 2.05) is 24.4 Å². The van der Waals surface area contributed by atoms with E-state index in [1.165, 1.54) is 11.0 Å². The van der Waals surface area contributed by atoms with E-state index >= 15 is 0 Å². The minimum atomic E-state index is -0.737. The summed E-state index contributed by atoms with van der Waals surface area (Å²) in [6, 6.07) is 5.53. The number of likely N-dealkylation sites (N-methyl/N-ethyl adjacent to an activating group) is 1. The summed E-state index contributed by atoms with van der Waals surface area (Å²) in [6.45, 7) is 1.54. The van der Waals surface area contributed by atoms with Crippen LogP contribution in [0.3, 0.4) is 0 Å². The summed E-state index contributed by atoms with van der Waals surface area (Å²) in [7, 11) is 1.62. The van der Waals surface area contributed by atoms with Gasteiger partial charge in [0.2, 0.25) is 5.91 Å². The topological polar surface area (TPSA) is 78.1 Å². The van der Waals surface area contributed by atoms with Crippen LogP contribution in [0.5, 0.6) is 0 Å². The average molecular weight is 338 g/mol. The molecule has 0 radical (unpaired) electrons. The van der Waals surface area contributed by atoms with Crippen LogP contribution in [0.25, 0.3) is 11.7 Å². The second-order valence-corrected chi connectivity index (χ2v) is 6.23. The highest BCUT2D eigenvalue weighted by Gasteiger charge is 2.25. The number of halogens is 1. The normalized spacial score (nSPS) is 12.2. The van der Waals surface area contributed by atoms with Crippen molar-refractivity contribution in [3.05, 3.63) is 41.3 Å². The third-order valence-electron chi connectivity index (χ3n) is 3.66. The van der Waals surface area contributed by atoms with Crippen LogP contribution < -0.4 is 0 Å². The van der Waals surface area contributed by atoms with Gasteiger partial charge in [0.05, 0.1) is 18.9 Å². The fourth-order valence-corrected chi connectivity index (χ4v) is 2.45. The number of fused-ring (bicyclic) bond motifs is 1. The van der Waals surface area contributed by atoms with Crippen LogP contribution in [0.2, 0.25) is 5.15 Å². The van der Waals surface area contributed by atoms with Gasteiger partial charge in [-0.15, -0.1) is 0 Å². The SMILES string of the molecule is CN(CC(C)(CO)CO)C(=O)/C=C/c1c(Cl)nc2ccccn12. The molecule has 124 valence electrons. The Morgan fingerprint density at radius 3 is 2.78 bits per heavy atom. The van der Waals surface area contributed by atoms with Crippen molar-refractivity contribution >= 4 is 29.2 Å². The quantitative estimate of drug-likeness (QED) is 0.782. The van der Waals surface area contributed by atoms with Crippen LogP contribution in [-0.4, -0.2) is 57.2 Å². The Morgan fingerprint density at radius 1 is 1.43 bits per heavy atom. The summed E-state index contributed by atoms with van der Waals surface area (Å²) in [6.07, 6.45) is 4.82. The number of hydrogen-bond donors (Lipinski definition) is 2. The smallest absolute Gasteiger partial charge is 0.246 e. The number of rotatable bonds is 6. The van der Waals surface area contributed by atoms with Crippen molar-refractivity contribution in [1.82, 2.24) is 14.3 Å². The van der Waals surface area contributed by atoms with Crippen LogP contribution in [-0.2, 0) is 4.79 Å². The molecule has 2 heterocycles. The van der Waals surface area contributed by atoms with Crippen molar-refractivity contribution in [3.63, 3.8) is 0 Å². The fourth-order valence-electron chi connectivity index (χ4n) is 2.21. The zero-order valence-corrected chi connectivity index (χ0v) is 13.9. The van der Waals surface area contributed by atoms with E-state index in [0.29, 0.717) is 16.5 Å². The lowest BCUT2D eigenvalue weighted by Crippen LogP contribution is -2.41. The number of aromatic nitrogens is 2. The van der Waals surface area contributed by atoms with Crippen molar-refractivity contribution < 1.29 is 15.0 Å². The maximum atomic E-state index is 12.2. The molecule has 7 heteroatoms. The minimum absolute atomic E-state index is 0.204. The van der Waals surface area contributed by atoms with Crippen LogP contribution in [0.4, 0.5) is 0 Å². The molecule has 2 aromatic heterocycles. The van der Waals surface area contributed by atoms with E-state index in [4.69, 9.17) is 11.6 Å². The van der Waals surface area contributed by atoms with Crippen molar-refractivity contribution in [2.24, 2.45) is 5.41 Å². The van der Waals surface area contributed by atoms with Crippen LogP contribution in [0.1, 0.15) is 12.6 Å². The third kappa shape index (κ3) is 3.90. The van der Waals surface area contributed by atoms with Crippen LogP contribution in [0.15, 0.2) is 30.5 Å². The molecule has 2 N–H and O–H groups in total. The molecule has 6 nitrogen and oxygen atoms in total. The molecule has 0 atom stereocenters. The fraction of sp³-hybridized carbons (Fsp3) is 0.375. The van der Waals surface area contributed by atoms with Gasteiger partial charge in [-0.1, -0.05) is 24.6 Å². The van der Waals surface area contributed by atoms with Gasteiger partial charge >= 0.3 is 0 Å². The van der Waals surface area contributed by atoms with Crippen LogP contribution >= 0.6 is 11.6 Å². The number of carbonyl (C=O) groups excluding carboxylic acids is 1. The van der Waals surface area contributed by atoms with Gasteiger partial charge in [0.1, 0.15) is 5.65 Å². The van der Waals surface area contributed by atoms with E-state index < -0.39 is 5.41 Å². The van der Waals surface area contributed by atoms with E-state index in [-0.39, 0.29) is 25.7 Å². The molecule has 0 spiro atoms. The third-order valence-corrected chi connectivity index (χ3v) is 3.94. The first-order valence-electron chi connectivity index (χ1n) is 7.18. The Kier molecular flexibility index (Phi) is 5.41. The molecule has 2 rings (SSSR count). The van der Waals surface area contributed by atoms with Gasteiger partial charge in [-0.25, -0.2) is 4.98 Å². The molecular weight excluding hydrogens is 318 g/mol. The molecule has 23 heavy (non-hydrogen) atoms. The van der Waals surface area contributed by atoms with Crippen molar-refractivity contribution in [2.45, 2.75) is 6.92 Å². The molecule has 0 fully saturated rings. The predicted octanol–water partition coefficient (Wildman–Crippen LogP) is 1.45. The summed E-state index contributed by atoms with van der Waals surface area (Å²) in [5.41, 5.74) is 0.585. The first kappa shape index (κ1) is 17.5. The van der Waals surface area contributed by atoms with Gasteiger partial charge in [0.25, 0.3) is 0 Å². The zero-order chi connectivity index (χ0) is 17.0. The highest BCUT2D eigenvalue weighted by molar-refractivity contribution is 6.31. The molecule has 0 aromatic carbocycles. The number of amides is 1. The molecule has 0 bridgehead atoms. The number of nitrogens with zero attached hydrogens (tertiary/aromatic N) is 3. The predicted molar refractivity (Wildman–Crippen MR) is 89.2 cm³/mol. The number of aliphatic hydroxyl groups is 2. The summed E-state index contributed by atoms with van der Waals surface area (Å²) < 4.78 is 1.79. The summed E-state index contributed by atoms with van der Waals surface area (Å²) in [5.74, 6) is -0.250. The van der Waals surface area contributed by atoms with E-state index in [1.54, 1.807) is 24.4 Å². The van der Waals surface area contributed by atoms with Gasteiger partial charge in [-0.3, -0.25) is 9.20 Å². The van der Waals surface area contributed by atoms with Gasteiger partial charge in [0.15, 0.2) is 5.15 Å². The Labute approximate surface area is 139 Å². The highest BCUT2D eigenvalue weighted by Crippen LogP contribution is 2.19. The Hall–Kier alpha value is -1.89. The van der Waals surface area contributed by atoms with E-state index in [2.05, 4.69) is 4.98 Å². The lowest BCUT2D eigenvalue weighted by atomic mass is 9.92. The lowest BCUT2D eigenvalue weighted by Gasteiger charge is -2.29. The molecule has 1 amide bonds. The van der Waals surface area contributed by atoms with E-state index in [9.17, 15) is 15.0 Å².